The monoisotopic (exact) mass is 452 g/mol. The van der Waals surface area contributed by atoms with Crippen LogP contribution < -0.4 is 11.2 Å². The number of H-pyrrole nitrogens is 1. The van der Waals surface area contributed by atoms with Crippen LogP contribution in [0.1, 0.15) is 23.8 Å². The van der Waals surface area contributed by atoms with Crippen LogP contribution in [0.3, 0.4) is 0 Å². The van der Waals surface area contributed by atoms with Crippen molar-refractivity contribution in [3.05, 3.63) is 105 Å². The number of hydrogen-bond donors (Lipinski definition) is 1. The molecule has 4 rings (SSSR count). The topological polar surface area (TPSA) is 91.8 Å². The zero-order valence-corrected chi connectivity index (χ0v) is 18.5. The molecule has 8 heteroatoms. The number of rotatable bonds is 10. The molecule has 1 fully saturated rings. The standard InChI is InChI=1S/C25H28N2O6/c1-30-17-25(18-31-15-19-8-4-2-5-9-19)21(32-16-20-10-6-3-7-11-20)14-23(33-25)27-13-12-22(28)26-24(27)29/h2-13,21,23H,14-18H2,1H3,(H,26,28,29)/t21-,23+,25+/m0/s1. The summed E-state index contributed by atoms with van der Waals surface area (Å²) in [7, 11) is 1.59. The molecule has 2 aromatic carbocycles. The fourth-order valence-corrected chi connectivity index (χ4v) is 4.06. The molecule has 0 saturated carbocycles. The van der Waals surface area contributed by atoms with Gasteiger partial charge in [0.25, 0.3) is 5.56 Å². The van der Waals surface area contributed by atoms with Crippen molar-refractivity contribution in [3.8, 4) is 0 Å². The molecule has 3 atom stereocenters. The lowest BCUT2D eigenvalue weighted by atomic mass is 9.98. The van der Waals surface area contributed by atoms with Crippen LogP contribution in [0.4, 0.5) is 0 Å². The number of aromatic amines is 1. The molecule has 0 unspecified atom stereocenters. The van der Waals surface area contributed by atoms with E-state index >= 15 is 0 Å². The zero-order valence-electron chi connectivity index (χ0n) is 18.5. The van der Waals surface area contributed by atoms with Crippen molar-refractivity contribution >= 4 is 0 Å². The van der Waals surface area contributed by atoms with Gasteiger partial charge in [0.1, 0.15) is 11.8 Å². The van der Waals surface area contributed by atoms with E-state index in [0.29, 0.717) is 19.6 Å². The quantitative estimate of drug-likeness (QED) is 0.509. The highest BCUT2D eigenvalue weighted by Crippen LogP contribution is 2.39. The first kappa shape index (κ1) is 23.1. The second kappa shape index (κ2) is 10.7. The predicted molar refractivity (Wildman–Crippen MR) is 122 cm³/mol. The van der Waals surface area contributed by atoms with Gasteiger partial charge in [0.2, 0.25) is 0 Å². The number of nitrogens with zero attached hydrogens (tertiary/aromatic N) is 1. The van der Waals surface area contributed by atoms with Crippen molar-refractivity contribution in [2.45, 2.75) is 37.6 Å². The normalized spacial score (nSPS) is 22.5. The van der Waals surface area contributed by atoms with Crippen LogP contribution in [0.15, 0.2) is 82.5 Å². The predicted octanol–water partition coefficient (Wildman–Crippen LogP) is 2.64. The third-order valence-corrected chi connectivity index (χ3v) is 5.68. The lowest BCUT2D eigenvalue weighted by Crippen LogP contribution is -2.49. The second-order valence-corrected chi connectivity index (χ2v) is 8.09. The highest BCUT2D eigenvalue weighted by atomic mass is 16.6. The van der Waals surface area contributed by atoms with E-state index in [4.69, 9.17) is 18.9 Å². The number of methoxy groups -OCH3 is 1. The lowest BCUT2D eigenvalue weighted by molar-refractivity contribution is -0.179. The highest BCUT2D eigenvalue weighted by molar-refractivity contribution is 5.14. The minimum absolute atomic E-state index is 0.212. The molecule has 8 nitrogen and oxygen atoms in total. The third kappa shape index (κ3) is 5.66. The van der Waals surface area contributed by atoms with Crippen molar-refractivity contribution in [2.75, 3.05) is 20.3 Å². The Morgan fingerprint density at radius 1 is 0.970 bits per heavy atom. The van der Waals surface area contributed by atoms with Crippen molar-refractivity contribution in [1.82, 2.24) is 9.55 Å². The van der Waals surface area contributed by atoms with Crippen molar-refractivity contribution in [1.29, 1.82) is 0 Å². The summed E-state index contributed by atoms with van der Waals surface area (Å²) in [5.41, 5.74) is 0.142. The minimum atomic E-state index is -0.932. The van der Waals surface area contributed by atoms with E-state index in [9.17, 15) is 9.59 Å². The average molecular weight is 453 g/mol. The van der Waals surface area contributed by atoms with Gasteiger partial charge in [0.05, 0.1) is 32.5 Å². The molecule has 0 aliphatic carbocycles. The van der Waals surface area contributed by atoms with Crippen LogP contribution in [0.25, 0.3) is 0 Å². The summed E-state index contributed by atoms with van der Waals surface area (Å²) in [5.74, 6) is 0. The van der Waals surface area contributed by atoms with E-state index in [-0.39, 0.29) is 13.2 Å². The van der Waals surface area contributed by atoms with E-state index in [1.165, 1.54) is 16.8 Å². The number of aromatic nitrogens is 2. The van der Waals surface area contributed by atoms with Crippen LogP contribution >= 0.6 is 0 Å². The van der Waals surface area contributed by atoms with Gasteiger partial charge in [-0.05, 0) is 11.1 Å². The van der Waals surface area contributed by atoms with Crippen LogP contribution in [-0.4, -0.2) is 41.6 Å². The molecule has 33 heavy (non-hydrogen) atoms. The maximum absolute atomic E-state index is 12.4. The van der Waals surface area contributed by atoms with Crippen LogP contribution in [0.2, 0.25) is 0 Å². The Kier molecular flexibility index (Phi) is 7.51. The third-order valence-electron chi connectivity index (χ3n) is 5.68. The molecule has 3 aromatic rings. The summed E-state index contributed by atoms with van der Waals surface area (Å²) in [6.07, 6.45) is 0.799. The average Bonchev–Trinajstić information content (AvgIpc) is 3.17. The van der Waals surface area contributed by atoms with E-state index in [1.54, 1.807) is 7.11 Å². The molecule has 1 aliphatic heterocycles. The van der Waals surface area contributed by atoms with Crippen LogP contribution in [0.5, 0.6) is 0 Å². The van der Waals surface area contributed by atoms with E-state index in [0.717, 1.165) is 11.1 Å². The summed E-state index contributed by atoms with van der Waals surface area (Å²) in [6, 6.07) is 21.0. The summed E-state index contributed by atoms with van der Waals surface area (Å²) < 4.78 is 25.6. The molecular weight excluding hydrogens is 424 g/mol. The molecule has 1 aromatic heterocycles. The molecule has 1 saturated heterocycles. The summed E-state index contributed by atoms with van der Waals surface area (Å²) in [4.78, 5) is 26.2. The molecule has 0 spiro atoms. The van der Waals surface area contributed by atoms with E-state index in [1.807, 2.05) is 60.7 Å². The van der Waals surface area contributed by atoms with Gasteiger partial charge in [-0.15, -0.1) is 0 Å². The van der Waals surface area contributed by atoms with Crippen molar-refractivity contribution < 1.29 is 18.9 Å². The maximum Gasteiger partial charge on any atom is 0.330 e. The fourth-order valence-electron chi connectivity index (χ4n) is 4.06. The van der Waals surface area contributed by atoms with Gasteiger partial charge in [-0.25, -0.2) is 4.79 Å². The molecule has 1 aliphatic rings. The molecule has 2 heterocycles. The minimum Gasteiger partial charge on any atom is -0.381 e. The van der Waals surface area contributed by atoms with Gasteiger partial charge >= 0.3 is 5.69 Å². The molecule has 174 valence electrons. The zero-order chi connectivity index (χ0) is 23.1. The van der Waals surface area contributed by atoms with Gasteiger partial charge in [-0.2, -0.15) is 0 Å². The molecule has 0 amide bonds. The summed E-state index contributed by atoms with van der Waals surface area (Å²) in [6.45, 7) is 1.22. The first-order valence-corrected chi connectivity index (χ1v) is 10.8. The molecule has 0 bridgehead atoms. The van der Waals surface area contributed by atoms with E-state index in [2.05, 4.69) is 4.98 Å². The largest absolute Gasteiger partial charge is 0.381 e. The fraction of sp³-hybridized carbons (Fsp3) is 0.360. The molecule has 0 radical (unpaired) electrons. The van der Waals surface area contributed by atoms with Crippen LogP contribution in [-0.2, 0) is 32.2 Å². The Morgan fingerprint density at radius 3 is 2.27 bits per heavy atom. The van der Waals surface area contributed by atoms with Gasteiger partial charge < -0.3 is 18.9 Å². The van der Waals surface area contributed by atoms with Gasteiger partial charge in [0, 0.05) is 25.8 Å². The Balaban J connectivity index is 1.56. The first-order valence-electron chi connectivity index (χ1n) is 10.8. The van der Waals surface area contributed by atoms with Crippen molar-refractivity contribution in [2.24, 2.45) is 0 Å². The van der Waals surface area contributed by atoms with Crippen molar-refractivity contribution in [3.63, 3.8) is 0 Å². The summed E-state index contributed by atoms with van der Waals surface area (Å²) in [5, 5.41) is 0. The first-order chi connectivity index (χ1) is 16.1. The number of ether oxygens (including phenoxy) is 4. The Bertz CT molecular complexity index is 1130. The Labute approximate surface area is 191 Å². The van der Waals surface area contributed by atoms with Crippen LogP contribution in [0, 0.1) is 0 Å². The Morgan fingerprint density at radius 2 is 1.64 bits per heavy atom. The number of hydrogen-bond acceptors (Lipinski definition) is 6. The SMILES string of the molecule is COC[C@]1(COCc2ccccc2)O[C@@H](n2ccc(=O)[nH]c2=O)C[C@@H]1OCc1ccccc1. The molecule has 1 N–H and O–H groups in total. The maximum atomic E-state index is 12.4. The van der Waals surface area contributed by atoms with Gasteiger partial charge in [0.15, 0.2) is 0 Å². The van der Waals surface area contributed by atoms with Gasteiger partial charge in [-0.1, -0.05) is 60.7 Å². The van der Waals surface area contributed by atoms with E-state index < -0.39 is 29.2 Å². The summed E-state index contributed by atoms with van der Waals surface area (Å²) >= 11 is 0. The smallest absolute Gasteiger partial charge is 0.330 e. The lowest BCUT2D eigenvalue weighted by Gasteiger charge is -2.33. The second-order valence-electron chi connectivity index (χ2n) is 8.09. The number of benzene rings is 2. The molecular formula is C25H28N2O6. The highest BCUT2D eigenvalue weighted by Gasteiger charge is 2.51. The number of nitrogens with one attached hydrogen (secondary N) is 1. The van der Waals surface area contributed by atoms with Gasteiger partial charge in [-0.3, -0.25) is 14.3 Å². The Hall–Kier alpha value is -3.04.